The number of benzene rings is 2. The minimum Gasteiger partial charge on any atom is -0.490 e. The van der Waals surface area contributed by atoms with Crippen LogP contribution in [-0.4, -0.2) is 24.0 Å². The number of hydrogen-bond acceptors (Lipinski definition) is 6. The van der Waals surface area contributed by atoms with E-state index in [2.05, 4.69) is 21.2 Å². The highest BCUT2D eigenvalue weighted by Crippen LogP contribution is 2.36. The number of aryl methyl sites for hydroxylation is 1. The van der Waals surface area contributed by atoms with E-state index in [1.165, 1.54) is 12.1 Å². The summed E-state index contributed by atoms with van der Waals surface area (Å²) in [6.45, 7) is 3.42. The van der Waals surface area contributed by atoms with Crippen LogP contribution in [0.1, 0.15) is 18.1 Å². The molecule has 1 amide bonds. The van der Waals surface area contributed by atoms with E-state index in [-0.39, 0.29) is 12.3 Å². The van der Waals surface area contributed by atoms with E-state index in [0.717, 1.165) is 0 Å². The summed E-state index contributed by atoms with van der Waals surface area (Å²) >= 11 is 3.30. The zero-order valence-electron chi connectivity index (χ0n) is 14.6. The zero-order valence-corrected chi connectivity index (χ0v) is 16.2. The van der Waals surface area contributed by atoms with E-state index in [4.69, 9.17) is 14.7 Å². The second-order valence-corrected chi connectivity index (χ2v) is 6.28. The highest BCUT2D eigenvalue weighted by Gasteiger charge is 2.16. The Morgan fingerprint density at radius 1 is 1.33 bits per heavy atom. The predicted octanol–water partition coefficient (Wildman–Crippen LogP) is 3.95. The van der Waals surface area contributed by atoms with E-state index in [1.54, 1.807) is 32.0 Å². The van der Waals surface area contributed by atoms with Crippen LogP contribution < -0.4 is 14.8 Å². The molecular weight excluding hydrogens is 418 g/mol. The molecular formula is C18H16BrN3O5. The van der Waals surface area contributed by atoms with Gasteiger partial charge >= 0.3 is 0 Å². The van der Waals surface area contributed by atoms with Crippen molar-refractivity contribution in [3.05, 3.63) is 56.0 Å². The molecule has 0 aliphatic heterocycles. The molecule has 0 radical (unpaired) electrons. The van der Waals surface area contributed by atoms with Crippen molar-refractivity contribution in [1.29, 1.82) is 5.26 Å². The van der Waals surface area contributed by atoms with Crippen molar-refractivity contribution in [2.75, 3.05) is 18.5 Å². The smallest absolute Gasteiger partial charge is 0.274 e. The van der Waals surface area contributed by atoms with Gasteiger partial charge in [-0.3, -0.25) is 14.9 Å². The van der Waals surface area contributed by atoms with Crippen molar-refractivity contribution in [1.82, 2.24) is 0 Å². The van der Waals surface area contributed by atoms with E-state index in [1.807, 2.05) is 6.07 Å². The van der Waals surface area contributed by atoms with E-state index in [0.29, 0.717) is 39.4 Å². The van der Waals surface area contributed by atoms with Crippen LogP contribution in [0.25, 0.3) is 0 Å². The molecule has 1 N–H and O–H groups in total. The lowest BCUT2D eigenvalue weighted by Gasteiger charge is -2.14. The molecule has 2 rings (SSSR count). The van der Waals surface area contributed by atoms with Gasteiger partial charge in [-0.1, -0.05) is 6.07 Å². The Morgan fingerprint density at radius 3 is 2.70 bits per heavy atom. The molecule has 0 heterocycles. The lowest BCUT2D eigenvalue weighted by molar-refractivity contribution is -0.385. The van der Waals surface area contributed by atoms with Gasteiger partial charge in [0.1, 0.15) is 0 Å². The molecule has 0 unspecified atom stereocenters. The fraction of sp³-hybridized carbons (Fsp3) is 0.222. The van der Waals surface area contributed by atoms with Gasteiger partial charge in [-0.05, 0) is 41.9 Å². The average molecular weight is 434 g/mol. The summed E-state index contributed by atoms with van der Waals surface area (Å²) in [5.41, 5.74) is 1.10. The van der Waals surface area contributed by atoms with Gasteiger partial charge in [0.2, 0.25) is 0 Å². The van der Waals surface area contributed by atoms with Crippen LogP contribution in [0.5, 0.6) is 11.5 Å². The van der Waals surface area contributed by atoms with Gasteiger partial charge in [-0.15, -0.1) is 0 Å². The third-order valence-corrected chi connectivity index (χ3v) is 4.06. The van der Waals surface area contributed by atoms with Crippen LogP contribution in [0.3, 0.4) is 0 Å². The van der Waals surface area contributed by atoms with Crippen molar-refractivity contribution in [3.8, 4) is 17.6 Å². The standard InChI is InChI=1S/C18H16BrN3O5/c1-3-26-16-7-12(9-20)6-14(19)18(16)27-10-17(23)21-13-5-4-11(2)15(8-13)22(24)25/h4-8H,3,10H2,1-2H3,(H,21,23). The van der Waals surface area contributed by atoms with Gasteiger partial charge in [-0.2, -0.15) is 5.26 Å². The summed E-state index contributed by atoms with van der Waals surface area (Å²) in [7, 11) is 0. The number of nitriles is 1. The molecule has 9 heteroatoms. The number of halogens is 1. The maximum atomic E-state index is 12.1. The van der Waals surface area contributed by atoms with Crippen molar-refractivity contribution >= 4 is 33.2 Å². The van der Waals surface area contributed by atoms with Gasteiger partial charge < -0.3 is 14.8 Å². The Hall–Kier alpha value is -3.12. The summed E-state index contributed by atoms with van der Waals surface area (Å²) in [4.78, 5) is 22.6. The van der Waals surface area contributed by atoms with Gasteiger partial charge in [0, 0.05) is 23.4 Å². The van der Waals surface area contributed by atoms with Crippen LogP contribution in [0.2, 0.25) is 0 Å². The minimum atomic E-state index is -0.510. The number of rotatable bonds is 7. The third-order valence-electron chi connectivity index (χ3n) is 3.48. The highest BCUT2D eigenvalue weighted by atomic mass is 79.9. The molecule has 27 heavy (non-hydrogen) atoms. The highest BCUT2D eigenvalue weighted by molar-refractivity contribution is 9.10. The summed E-state index contributed by atoms with van der Waals surface area (Å²) in [6, 6.07) is 9.50. The molecule has 2 aromatic rings. The molecule has 8 nitrogen and oxygen atoms in total. The number of nitrogens with zero attached hydrogens (tertiary/aromatic N) is 2. The molecule has 0 aliphatic rings. The van der Waals surface area contributed by atoms with Crippen molar-refractivity contribution in [2.24, 2.45) is 0 Å². The minimum absolute atomic E-state index is 0.0813. The summed E-state index contributed by atoms with van der Waals surface area (Å²) in [6.07, 6.45) is 0. The summed E-state index contributed by atoms with van der Waals surface area (Å²) in [5.74, 6) is 0.134. The molecule has 0 spiro atoms. The lowest BCUT2D eigenvalue weighted by Crippen LogP contribution is -2.20. The van der Waals surface area contributed by atoms with Crippen LogP contribution >= 0.6 is 15.9 Å². The molecule has 140 valence electrons. The number of carbonyl (C=O) groups excluding carboxylic acids is 1. The monoisotopic (exact) mass is 433 g/mol. The number of anilines is 1. The molecule has 0 aliphatic carbocycles. The fourth-order valence-corrected chi connectivity index (χ4v) is 2.81. The molecule has 0 saturated carbocycles. The second-order valence-electron chi connectivity index (χ2n) is 5.43. The Morgan fingerprint density at radius 2 is 2.07 bits per heavy atom. The summed E-state index contributed by atoms with van der Waals surface area (Å²) in [5, 5.41) is 22.6. The average Bonchev–Trinajstić information content (AvgIpc) is 2.62. The molecule has 0 atom stereocenters. The first kappa shape index (κ1) is 20.2. The number of nitro groups is 1. The van der Waals surface area contributed by atoms with Crippen LogP contribution in [-0.2, 0) is 4.79 Å². The summed E-state index contributed by atoms with van der Waals surface area (Å²) < 4.78 is 11.5. The predicted molar refractivity (Wildman–Crippen MR) is 102 cm³/mol. The Labute approximate surface area is 164 Å². The van der Waals surface area contributed by atoms with Crippen molar-refractivity contribution in [2.45, 2.75) is 13.8 Å². The Balaban J connectivity index is 2.11. The molecule has 0 fully saturated rings. The Kier molecular flexibility index (Phi) is 6.73. The van der Waals surface area contributed by atoms with Crippen LogP contribution in [0, 0.1) is 28.4 Å². The van der Waals surface area contributed by atoms with Gasteiger partial charge in [0.25, 0.3) is 11.6 Å². The van der Waals surface area contributed by atoms with Crippen molar-refractivity contribution < 1.29 is 19.2 Å². The van der Waals surface area contributed by atoms with Crippen LogP contribution in [0.4, 0.5) is 11.4 Å². The van der Waals surface area contributed by atoms with Gasteiger partial charge in [0.05, 0.1) is 27.6 Å². The second kappa shape index (κ2) is 9.00. The van der Waals surface area contributed by atoms with E-state index >= 15 is 0 Å². The maximum absolute atomic E-state index is 12.1. The van der Waals surface area contributed by atoms with Crippen molar-refractivity contribution in [3.63, 3.8) is 0 Å². The molecule has 0 bridgehead atoms. The number of carbonyl (C=O) groups is 1. The SMILES string of the molecule is CCOc1cc(C#N)cc(Br)c1OCC(=O)Nc1ccc(C)c([N+](=O)[O-])c1. The maximum Gasteiger partial charge on any atom is 0.274 e. The first-order chi connectivity index (χ1) is 12.8. The largest absolute Gasteiger partial charge is 0.490 e. The molecule has 2 aromatic carbocycles. The van der Waals surface area contributed by atoms with E-state index < -0.39 is 10.8 Å². The lowest BCUT2D eigenvalue weighted by atomic mass is 10.2. The zero-order chi connectivity index (χ0) is 20.0. The first-order valence-corrected chi connectivity index (χ1v) is 8.69. The van der Waals surface area contributed by atoms with Crippen LogP contribution in [0.15, 0.2) is 34.8 Å². The van der Waals surface area contributed by atoms with E-state index in [9.17, 15) is 14.9 Å². The number of amides is 1. The fourth-order valence-electron chi connectivity index (χ4n) is 2.25. The van der Waals surface area contributed by atoms with Gasteiger partial charge in [-0.25, -0.2) is 0 Å². The molecule has 0 aromatic heterocycles. The molecule has 0 saturated heterocycles. The van der Waals surface area contributed by atoms with Gasteiger partial charge in [0.15, 0.2) is 18.1 Å². The quantitative estimate of drug-likeness (QED) is 0.521. The normalized spacial score (nSPS) is 10.0. The first-order valence-electron chi connectivity index (χ1n) is 7.89. The number of ether oxygens (including phenoxy) is 2. The number of hydrogen-bond donors (Lipinski definition) is 1. The Bertz CT molecular complexity index is 924. The third kappa shape index (κ3) is 5.18. The number of nitrogens with one attached hydrogen (secondary N) is 1. The topological polar surface area (TPSA) is 114 Å². The number of nitro benzene ring substituents is 1.